The van der Waals surface area contributed by atoms with Crippen LogP contribution in [0.4, 0.5) is 10.7 Å². The topological polar surface area (TPSA) is 126 Å². The van der Waals surface area contributed by atoms with Gasteiger partial charge in [-0.05, 0) is 0 Å². The molecular formula is C8H11N5O4. The average Bonchev–Trinajstić information content (AvgIpc) is 2.29. The summed E-state index contributed by atoms with van der Waals surface area (Å²) in [6.07, 6.45) is 2.77. The van der Waals surface area contributed by atoms with Crippen LogP contribution in [0.15, 0.2) is 12.4 Å². The fourth-order valence-electron chi connectivity index (χ4n) is 0.847. The van der Waals surface area contributed by atoms with Gasteiger partial charge in [-0.1, -0.05) is 0 Å². The molecule has 0 saturated heterocycles. The first kappa shape index (κ1) is 12.8. The Hall–Kier alpha value is -2.29. The minimum Gasteiger partial charge on any atom is -0.480 e. The lowest BCUT2D eigenvalue weighted by molar-refractivity contribution is -0.142. The van der Waals surface area contributed by atoms with Crippen LogP contribution in [0, 0.1) is 0 Å². The number of urea groups is 1. The third-order valence-electron chi connectivity index (χ3n) is 1.47. The van der Waals surface area contributed by atoms with Crippen molar-refractivity contribution in [3.8, 4) is 0 Å². The minimum atomic E-state index is -1.06. The van der Waals surface area contributed by atoms with Crippen LogP contribution in [-0.4, -0.2) is 52.0 Å². The van der Waals surface area contributed by atoms with E-state index < -0.39 is 18.6 Å². The van der Waals surface area contributed by atoms with Crippen molar-refractivity contribution in [3.63, 3.8) is 0 Å². The molecule has 0 aliphatic heterocycles. The summed E-state index contributed by atoms with van der Waals surface area (Å²) in [5.41, 5.74) is 0. The molecule has 2 amide bonds. The van der Waals surface area contributed by atoms with Crippen molar-refractivity contribution in [2.24, 2.45) is 0 Å². The molecule has 9 nitrogen and oxygen atoms in total. The smallest absolute Gasteiger partial charge is 0.329 e. The highest BCUT2D eigenvalue weighted by molar-refractivity contribution is 5.87. The summed E-state index contributed by atoms with van der Waals surface area (Å²) in [6.45, 7) is -0.109. The van der Waals surface area contributed by atoms with Crippen LogP contribution in [0.5, 0.6) is 0 Å². The van der Waals surface area contributed by atoms with Gasteiger partial charge in [-0.2, -0.15) is 5.10 Å². The monoisotopic (exact) mass is 241 g/mol. The Morgan fingerprint density at radius 2 is 2.24 bits per heavy atom. The summed E-state index contributed by atoms with van der Waals surface area (Å²) in [5.74, 6) is -0.977. The second-order valence-electron chi connectivity index (χ2n) is 2.79. The van der Waals surface area contributed by atoms with E-state index in [1.807, 2.05) is 0 Å². The Morgan fingerprint density at radius 3 is 2.88 bits per heavy atom. The molecule has 0 aliphatic carbocycles. The van der Waals surface area contributed by atoms with Crippen LogP contribution >= 0.6 is 0 Å². The maximum atomic E-state index is 11.2. The molecule has 9 heteroatoms. The zero-order valence-electron chi connectivity index (χ0n) is 8.79. The van der Waals surface area contributed by atoms with E-state index in [4.69, 9.17) is 9.84 Å². The molecule has 0 unspecified atom stereocenters. The van der Waals surface area contributed by atoms with E-state index in [9.17, 15) is 9.59 Å². The Morgan fingerprint density at radius 1 is 1.41 bits per heavy atom. The van der Waals surface area contributed by atoms with Gasteiger partial charge in [0.2, 0.25) is 0 Å². The van der Waals surface area contributed by atoms with Crippen molar-refractivity contribution in [1.82, 2.24) is 20.5 Å². The number of carbonyl (C=O) groups is 2. The van der Waals surface area contributed by atoms with Gasteiger partial charge in [0.05, 0.1) is 19.0 Å². The normalized spacial score (nSPS) is 9.65. The molecule has 0 atom stereocenters. The van der Waals surface area contributed by atoms with E-state index in [0.29, 0.717) is 0 Å². The predicted octanol–water partition coefficient (Wildman–Crippen LogP) is -0.906. The summed E-state index contributed by atoms with van der Waals surface area (Å²) >= 11 is 0. The number of carboxylic acid groups (broad SMARTS) is 1. The number of amides is 2. The maximum absolute atomic E-state index is 11.2. The van der Waals surface area contributed by atoms with Crippen LogP contribution in [0.25, 0.3) is 0 Å². The lowest BCUT2D eigenvalue weighted by atomic mass is 10.6. The van der Waals surface area contributed by atoms with Crippen molar-refractivity contribution in [3.05, 3.63) is 12.4 Å². The van der Waals surface area contributed by atoms with Gasteiger partial charge in [0.15, 0.2) is 0 Å². The molecule has 3 N–H and O–H groups in total. The van der Waals surface area contributed by atoms with E-state index in [1.54, 1.807) is 0 Å². The molecule has 0 bridgehead atoms. The third-order valence-corrected chi connectivity index (χ3v) is 1.47. The average molecular weight is 241 g/mol. The third kappa shape index (κ3) is 5.99. The number of aliphatic carboxylic acids is 1. The first-order valence-corrected chi connectivity index (χ1v) is 4.66. The van der Waals surface area contributed by atoms with Gasteiger partial charge >= 0.3 is 12.0 Å². The van der Waals surface area contributed by atoms with E-state index >= 15 is 0 Å². The Balaban J connectivity index is 2.12. The van der Waals surface area contributed by atoms with Crippen LogP contribution in [0.3, 0.4) is 0 Å². The first-order chi connectivity index (χ1) is 8.18. The summed E-state index contributed by atoms with van der Waals surface area (Å²) < 4.78 is 4.71. The Bertz CT molecular complexity index is 371. The molecule has 0 fully saturated rings. The summed E-state index contributed by atoms with van der Waals surface area (Å²) in [7, 11) is 0. The van der Waals surface area contributed by atoms with Crippen molar-refractivity contribution in [2.45, 2.75) is 0 Å². The van der Waals surface area contributed by atoms with Crippen LogP contribution in [0.1, 0.15) is 0 Å². The SMILES string of the molecule is O=C(O)COCCNC(=O)Nc1nccnn1. The zero-order chi connectivity index (χ0) is 12.5. The van der Waals surface area contributed by atoms with Gasteiger partial charge in [-0.25, -0.2) is 14.6 Å². The first-order valence-electron chi connectivity index (χ1n) is 4.66. The lowest BCUT2D eigenvalue weighted by Gasteiger charge is -2.05. The fraction of sp³-hybridized carbons (Fsp3) is 0.375. The second kappa shape index (κ2) is 7.06. The van der Waals surface area contributed by atoms with E-state index in [-0.39, 0.29) is 19.1 Å². The summed E-state index contributed by atoms with van der Waals surface area (Å²) in [4.78, 5) is 25.0. The van der Waals surface area contributed by atoms with Gasteiger partial charge in [-0.15, -0.1) is 5.10 Å². The van der Waals surface area contributed by atoms with Crippen molar-refractivity contribution < 1.29 is 19.4 Å². The largest absolute Gasteiger partial charge is 0.480 e. The number of nitrogens with zero attached hydrogens (tertiary/aromatic N) is 3. The summed E-state index contributed by atoms with van der Waals surface area (Å²) in [6, 6.07) is -0.517. The molecule has 1 aromatic rings. The highest BCUT2D eigenvalue weighted by Crippen LogP contribution is 1.90. The number of rotatable bonds is 6. The molecule has 0 saturated carbocycles. The Kier molecular flexibility index (Phi) is 5.31. The molecule has 92 valence electrons. The molecule has 1 heterocycles. The number of carboxylic acids is 1. The molecule has 1 rings (SSSR count). The van der Waals surface area contributed by atoms with Gasteiger partial charge in [0.1, 0.15) is 6.61 Å². The number of carbonyl (C=O) groups excluding carboxylic acids is 1. The lowest BCUT2D eigenvalue weighted by Crippen LogP contribution is -2.32. The number of aromatic nitrogens is 3. The van der Waals surface area contributed by atoms with Crippen LogP contribution in [-0.2, 0) is 9.53 Å². The van der Waals surface area contributed by atoms with Gasteiger partial charge in [-0.3, -0.25) is 5.32 Å². The highest BCUT2D eigenvalue weighted by atomic mass is 16.5. The molecule has 0 radical (unpaired) electrons. The standard InChI is InChI=1S/C8H11N5O4/c14-6(15)5-17-4-3-10-8(16)12-7-9-1-2-11-13-7/h1-2H,3-5H2,(H,14,15)(H2,9,10,12,13,16). The second-order valence-corrected chi connectivity index (χ2v) is 2.79. The molecule has 1 aromatic heterocycles. The molecular weight excluding hydrogens is 230 g/mol. The molecule has 0 aromatic carbocycles. The van der Waals surface area contributed by atoms with Crippen LogP contribution < -0.4 is 10.6 Å². The summed E-state index contributed by atoms with van der Waals surface area (Å²) in [5, 5.41) is 20.1. The number of hydrogen-bond donors (Lipinski definition) is 3. The predicted molar refractivity (Wildman–Crippen MR) is 55.3 cm³/mol. The zero-order valence-corrected chi connectivity index (χ0v) is 8.79. The van der Waals surface area contributed by atoms with E-state index in [2.05, 4.69) is 25.8 Å². The minimum absolute atomic E-state index is 0.0801. The van der Waals surface area contributed by atoms with E-state index in [1.165, 1.54) is 12.4 Å². The maximum Gasteiger partial charge on any atom is 0.329 e. The quantitative estimate of drug-likeness (QED) is 0.550. The van der Waals surface area contributed by atoms with Gasteiger partial charge in [0.25, 0.3) is 5.95 Å². The highest BCUT2D eigenvalue weighted by Gasteiger charge is 2.02. The molecule has 0 aliphatic rings. The number of ether oxygens (including phenoxy) is 1. The van der Waals surface area contributed by atoms with Crippen LogP contribution in [0.2, 0.25) is 0 Å². The molecule has 17 heavy (non-hydrogen) atoms. The Labute approximate surface area is 96.2 Å². The number of anilines is 1. The van der Waals surface area contributed by atoms with Crippen molar-refractivity contribution in [1.29, 1.82) is 0 Å². The van der Waals surface area contributed by atoms with Gasteiger partial charge in [0, 0.05) is 6.54 Å². The number of hydrogen-bond acceptors (Lipinski definition) is 6. The number of nitrogens with one attached hydrogen (secondary N) is 2. The van der Waals surface area contributed by atoms with Crippen molar-refractivity contribution >= 4 is 17.9 Å². The van der Waals surface area contributed by atoms with Gasteiger partial charge < -0.3 is 15.2 Å². The fourth-order valence-corrected chi connectivity index (χ4v) is 0.847. The molecule has 0 spiro atoms. The van der Waals surface area contributed by atoms with E-state index in [0.717, 1.165) is 0 Å². The van der Waals surface area contributed by atoms with Crippen molar-refractivity contribution in [2.75, 3.05) is 25.1 Å².